The highest BCUT2D eigenvalue weighted by Gasteiger charge is 2.20. The lowest BCUT2D eigenvalue weighted by atomic mass is 10.1. The average Bonchev–Trinajstić information content (AvgIpc) is 3.03. The van der Waals surface area contributed by atoms with Crippen LogP contribution in [-0.4, -0.2) is 33.2 Å². The standard InChI is InChI=1S/C18H18FN5O2/c1-10-8-20-18(25)14-9-21-24-6-5-16(23-17(14)24)22-11(2)13-7-12(19)3-4-15(13)26-10/h3-7,9-11H,8H2,1-2H3,(H,20,25)(H,22,23)/t10-,11?/m0/s1. The molecule has 2 bridgehead atoms. The van der Waals surface area contributed by atoms with Crippen LogP contribution >= 0.6 is 0 Å². The van der Waals surface area contributed by atoms with Crippen LogP contribution in [0, 0.1) is 5.82 Å². The number of hydrogen-bond acceptors (Lipinski definition) is 5. The van der Waals surface area contributed by atoms with Gasteiger partial charge in [0.05, 0.1) is 18.8 Å². The molecule has 0 aliphatic carbocycles. The highest BCUT2D eigenvalue weighted by molar-refractivity contribution is 5.99. The molecule has 0 fully saturated rings. The van der Waals surface area contributed by atoms with Gasteiger partial charge in [-0.15, -0.1) is 0 Å². The van der Waals surface area contributed by atoms with Crippen molar-refractivity contribution in [1.29, 1.82) is 0 Å². The molecule has 134 valence electrons. The number of benzene rings is 1. The summed E-state index contributed by atoms with van der Waals surface area (Å²) >= 11 is 0. The topological polar surface area (TPSA) is 80.5 Å². The van der Waals surface area contributed by atoms with E-state index in [4.69, 9.17) is 4.74 Å². The number of amides is 1. The molecule has 0 radical (unpaired) electrons. The molecule has 0 saturated carbocycles. The van der Waals surface area contributed by atoms with Crippen molar-refractivity contribution in [1.82, 2.24) is 19.9 Å². The Morgan fingerprint density at radius 3 is 3.00 bits per heavy atom. The van der Waals surface area contributed by atoms with E-state index in [1.807, 2.05) is 13.8 Å². The largest absolute Gasteiger partial charge is 0.489 e. The van der Waals surface area contributed by atoms with Crippen LogP contribution in [-0.2, 0) is 0 Å². The van der Waals surface area contributed by atoms with Crippen LogP contribution < -0.4 is 15.4 Å². The Labute approximate surface area is 149 Å². The van der Waals surface area contributed by atoms with E-state index >= 15 is 0 Å². The maximum Gasteiger partial charge on any atom is 0.256 e. The molecule has 1 aromatic carbocycles. The van der Waals surface area contributed by atoms with E-state index in [0.717, 1.165) is 0 Å². The number of nitrogens with zero attached hydrogens (tertiary/aromatic N) is 3. The van der Waals surface area contributed by atoms with Gasteiger partial charge in [-0.3, -0.25) is 4.79 Å². The van der Waals surface area contributed by atoms with Crippen molar-refractivity contribution >= 4 is 17.4 Å². The van der Waals surface area contributed by atoms with Crippen LogP contribution in [0.5, 0.6) is 5.75 Å². The third kappa shape index (κ3) is 2.94. The Bertz CT molecular complexity index is 987. The SMILES string of the molecule is CC1Nc2ccn3ncc(c3n2)C(=O)NC[C@H](C)Oc2ccc(F)cc21. The van der Waals surface area contributed by atoms with E-state index in [1.54, 1.807) is 18.3 Å². The predicted molar refractivity (Wildman–Crippen MR) is 93.8 cm³/mol. The zero-order valence-corrected chi connectivity index (χ0v) is 14.4. The number of fused-ring (bicyclic) bond motifs is 2. The van der Waals surface area contributed by atoms with E-state index in [0.29, 0.717) is 34.9 Å². The number of hydrogen-bond donors (Lipinski definition) is 2. The Kier molecular flexibility index (Phi) is 3.95. The summed E-state index contributed by atoms with van der Waals surface area (Å²) in [5.74, 6) is 0.512. The van der Waals surface area contributed by atoms with Crippen LogP contribution in [0.4, 0.5) is 10.2 Å². The summed E-state index contributed by atoms with van der Waals surface area (Å²) < 4.78 is 21.3. The highest BCUT2D eigenvalue weighted by atomic mass is 19.1. The van der Waals surface area contributed by atoms with E-state index in [9.17, 15) is 9.18 Å². The van der Waals surface area contributed by atoms with Crippen molar-refractivity contribution in [3.05, 3.63) is 53.6 Å². The summed E-state index contributed by atoms with van der Waals surface area (Å²) in [6.45, 7) is 4.05. The number of carbonyl (C=O) groups is 1. The van der Waals surface area contributed by atoms with Crippen LogP contribution in [0.3, 0.4) is 0 Å². The molecule has 1 aliphatic rings. The zero-order chi connectivity index (χ0) is 18.3. The second kappa shape index (κ2) is 6.29. The molecule has 3 aromatic rings. The molecule has 0 saturated heterocycles. The van der Waals surface area contributed by atoms with Gasteiger partial charge in [0, 0.05) is 11.8 Å². The molecule has 1 aliphatic heterocycles. The lowest BCUT2D eigenvalue weighted by Gasteiger charge is -2.21. The van der Waals surface area contributed by atoms with Gasteiger partial charge in [-0.2, -0.15) is 5.10 Å². The third-order valence-electron chi connectivity index (χ3n) is 4.29. The fourth-order valence-electron chi connectivity index (χ4n) is 2.96. The number of ether oxygens (including phenoxy) is 1. The predicted octanol–water partition coefficient (Wildman–Crippen LogP) is 2.55. The minimum absolute atomic E-state index is 0.251. The Balaban J connectivity index is 1.82. The molecule has 2 atom stereocenters. The molecule has 1 amide bonds. The molecule has 2 N–H and O–H groups in total. The molecule has 8 heteroatoms. The maximum absolute atomic E-state index is 13.8. The molecule has 2 aromatic heterocycles. The van der Waals surface area contributed by atoms with Crippen LogP contribution in [0.2, 0.25) is 0 Å². The lowest BCUT2D eigenvalue weighted by Crippen LogP contribution is -2.33. The minimum atomic E-state index is -0.340. The first kappa shape index (κ1) is 16.3. The second-order valence-electron chi connectivity index (χ2n) is 6.33. The first-order valence-corrected chi connectivity index (χ1v) is 8.36. The second-order valence-corrected chi connectivity index (χ2v) is 6.33. The summed E-state index contributed by atoms with van der Waals surface area (Å²) in [6.07, 6.45) is 2.91. The van der Waals surface area contributed by atoms with Gasteiger partial charge in [0.25, 0.3) is 5.91 Å². The molecule has 7 nitrogen and oxygen atoms in total. The Hall–Kier alpha value is -3.16. The number of nitrogens with one attached hydrogen (secondary N) is 2. The van der Waals surface area contributed by atoms with Gasteiger partial charge in [0.2, 0.25) is 0 Å². The van der Waals surface area contributed by atoms with Crippen molar-refractivity contribution in [2.24, 2.45) is 0 Å². The van der Waals surface area contributed by atoms with E-state index in [2.05, 4.69) is 20.7 Å². The molecule has 3 heterocycles. The maximum atomic E-state index is 13.8. The van der Waals surface area contributed by atoms with Crippen LogP contribution in [0.1, 0.15) is 35.8 Å². The van der Waals surface area contributed by atoms with Gasteiger partial charge in [-0.25, -0.2) is 13.9 Å². The Morgan fingerprint density at radius 2 is 2.15 bits per heavy atom. The number of rotatable bonds is 0. The van der Waals surface area contributed by atoms with E-state index in [-0.39, 0.29) is 23.9 Å². The molecule has 4 rings (SSSR count). The van der Waals surface area contributed by atoms with Crippen molar-refractivity contribution in [2.45, 2.75) is 26.0 Å². The smallest absolute Gasteiger partial charge is 0.256 e. The number of aromatic nitrogens is 3. The van der Waals surface area contributed by atoms with Crippen molar-refractivity contribution < 1.29 is 13.9 Å². The van der Waals surface area contributed by atoms with Gasteiger partial charge in [-0.1, -0.05) is 0 Å². The fraction of sp³-hybridized carbons (Fsp3) is 0.278. The molecular formula is C18H18FN5O2. The molecular weight excluding hydrogens is 337 g/mol. The summed E-state index contributed by atoms with van der Waals surface area (Å²) in [4.78, 5) is 17.0. The normalized spacial score (nSPS) is 20.2. The quantitative estimate of drug-likeness (QED) is 0.648. The van der Waals surface area contributed by atoms with E-state index in [1.165, 1.54) is 22.8 Å². The van der Waals surface area contributed by atoms with Crippen molar-refractivity contribution in [3.8, 4) is 5.75 Å². The lowest BCUT2D eigenvalue weighted by molar-refractivity contribution is 0.0933. The third-order valence-corrected chi connectivity index (χ3v) is 4.29. The van der Waals surface area contributed by atoms with Crippen LogP contribution in [0.25, 0.3) is 5.65 Å². The summed E-state index contributed by atoms with van der Waals surface area (Å²) in [5, 5.41) is 10.2. The summed E-state index contributed by atoms with van der Waals surface area (Å²) in [5.41, 5.74) is 1.51. The minimum Gasteiger partial charge on any atom is -0.489 e. The number of halogens is 1. The first-order valence-electron chi connectivity index (χ1n) is 8.36. The monoisotopic (exact) mass is 355 g/mol. The molecule has 26 heavy (non-hydrogen) atoms. The van der Waals surface area contributed by atoms with Crippen molar-refractivity contribution in [2.75, 3.05) is 11.9 Å². The van der Waals surface area contributed by atoms with Gasteiger partial charge in [0.1, 0.15) is 29.1 Å². The average molecular weight is 355 g/mol. The zero-order valence-electron chi connectivity index (χ0n) is 14.4. The highest BCUT2D eigenvalue weighted by Crippen LogP contribution is 2.29. The summed E-state index contributed by atoms with van der Waals surface area (Å²) in [6, 6.07) is 5.91. The summed E-state index contributed by atoms with van der Waals surface area (Å²) in [7, 11) is 0. The van der Waals surface area contributed by atoms with Crippen molar-refractivity contribution in [3.63, 3.8) is 0 Å². The van der Waals surface area contributed by atoms with Crippen LogP contribution in [0.15, 0.2) is 36.7 Å². The molecule has 0 spiro atoms. The fourth-order valence-corrected chi connectivity index (χ4v) is 2.96. The first-order chi connectivity index (χ1) is 12.5. The number of carbonyl (C=O) groups excluding carboxylic acids is 1. The van der Waals surface area contributed by atoms with Gasteiger partial charge in [0.15, 0.2) is 5.65 Å². The van der Waals surface area contributed by atoms with E-state index < -0.39 is 0 Å². The number of anilines is 1. The van der Waals surface area contributed by atoms with Gasteiger partial charge in [-0.05, 0) is 38.1 Å². The van der Waals surface area contributed by atoms with Gasteiger partial charge < -0.3 is 15.4 Å². The molecule has 1 unspecified atom stereocenters. The van der Waals surface area contributed by atoms with Gasteiger partial charge >= 0.3 is 0 Å². The Morgan fingerprint density at radius 1 is 1.31 bits per heavy atom.